The van der Waals surface area contributed by atoms with Gasteiger partial charge in [-0.3, -0.25) is 19.3 Å². The molecule has 1 spiro atoms. The number of nitrogens with zero attached hydrogens (tertiary/aromatic N) is 2. The number of methoxy groups -OCH3 is 1. The van der Waals surface area contributed by atoms with Crippen LogP contribution in [0.1, 0.15) is 53.3 Å². The Hall–Kier alpha value is -4.07. The molecule has 1 N–H and O–H groups in total. The topological polar surface area (TPSA) is 155 Å². The van der Waals surface area contributed by atoms with Gasteiger partial charge in [-0.15, -0.1) is 11.3 Å². The second kappa shape index (κ2) is 12.1. The quantitative estimate of drug-likeness (QED) is 0.255. The zero-order chi connectivity index (χ0) is 31.0. The molecule has 0 unspecified atom stereocenters. The number of anilines is 1. The number of hydrogen-bond donors (Lipinski definition) is 1. The summed E-state index contributed by atoms with van der Waals surface area (Å²) >= 11 is 1.25. The molecular weight excluding hydrogens is 592 g/mol. The zero-order valence-corrected chi connectivity index (χ0v) is 25.1. The third-order valence-corrected chi connectivity index (χ3v) is 9.84. The molecule has 1 atom stereocenters. The minimum absolute atomic E-state index is 0.0805. The Morgan fingerprint density at radius 3 is 2.64 bits per heavy atom. The molecule has 2 aromatic heterocycles. The number of oxazole rings is 1. The molecule has 1 saturated carbocycles. The summed E-state index contributed by atoms with van der Waals surface area (Å²) in [4.78, 5) is 58.7. The maximum Gasteiger partial charge on any atom is 0.341 e. The van der Waals surface area contributed by atoms with E-state index in [0.29, 0.717) is 58.7 Å². The monoisotopic (exact) mass is 624 g/mol. The van der Waals surface area contributed by atoms with Gasteiger partial charge in [0.2, 0.25) is 11.8 Å². The molecule has 6 rings (SSSR count). The first kappa shape index (κ1) is 30.0. The summed E-state index contributed by atoms with van der Waals surface area (Å²) in [5, 5.41) is 9.38. The third-order valence-electron chi connectivity index (χ3n) is 8.54. The van der Waals surface area contributed by atoms with Crippen molar-refractivity contribution in [3.8, 4) is 16.5 Å². The van der Waals surface area contributed by atoms with Crippen LogP contribution in [0.5, 0.6) is 5.75 Å². The van der Waals surface area contributed by atoms with Gasteiger partial charge in [-0.05, 0) is 44.2 Å². The van der Waals surface area contributed by atoms with Crippen LogP contribution < -0.4 is 9.64 Å². The van der Waals surface area contributed by atoms with Crippen molar-refractivity contribution in [3.05, 3.63) is 53.4 Å². The van der Waals surface area contributed by atoms with Crippen LogP contribution in [0, 0.1) is 18.3 Å². The van der Waals surface area contributed by atoms with E-state index in [1.54, 1.807) is 18.9 Å². The van der Waals surface area contributed by atoms with Gasteiger partial charge in [0, 0.05) is 18.8 Å². The first-order valence-electron chi connectivity index (χ1n) is 14.4. The van der Waals surface area contributed by atoms with Gasteiger partial charge in [0.05, 0.1) is 42.3 Å². The molecule has 1 saturated heterocycles. The fourth-order valence-electron chi connectivity index (χ4n) is 6.26. The van der Waals surface area contributed by atoms with Crippen LogP contribution in [0.4, 0.5) is 5.00 Å². The molecule has 13 heteroatoms. The Bertz CT molecular complexity index is 1570. The molecule has 1 aliphatic carbocycles. The van der Waals surface area contributed by atoms with Crippen molar-refractivity contribution in [2.75, 3.05) is 38.4 Å². The number of fused-ring (bicyclic) bond motifs is 1. The number of aliphatic carboxylic acids is 1. The van der Waals surface area contributed by atoms with Gasteiger partial charge >= 0.3 is 11.9 Å². The predicted molar refractivity (Wildman–Crippen MR) is 156 cm³/mol. The first-order valence-corrected chi connectivity index (χ1v) is 15.2. The normalized spacial score (nSPS) is 22.4. The summed E-state index contributed by atoms with van der Waals surface area (Å²) < 4.78 is 28.3. The second-order valence-electron chi connectivity index (χ2n) is 11.2. The number of carbonyl (C=O) groups excluding carboxylic acids is 3. The summed E-state index contributed by atoms with van der Waals surface area (Å²) in [5.74, 6) is -2.68. The van der Waals surface area contributed by atoms with Crippen LogP contribution in [0.3, 0.4) is 0 Å². The Balaban J connectivity index is 1.40. The highest BCUT2D eigenvalue weighted by atomic mass is 32.1. The van der Waals surface area contributed by atoms with Crippen molar-refractivity contribution in [2.24, 2.45) is 11.3 Å². The van der Waals surface area contributed by atoms with Crippen molar-refractivity contribution >= 4 is 40.0 Å². The lowest BCUT2D eigenvalue weighted by molar-refractivity contribution is -0.164. The number of carboxylic acids is 1. The summed E-state index contributed by atoms with van der Waals surface area (Å²) in [6, 6.07) is 7.46. The van der Waals surface area contributed by atoms with Crippen LogP contribution >= 0.6 is 11.3 Å². The SMILES string of the molecule is COc1ccccc1[C@H](CN1c2sc(-c3ncco3)c(C)c2C(=O)[C@]2(C[C@H](C(=O)OCC(=O)O)C2)C1=O)OC1CCOCC1. The van der Waals surface area contributed by atoms with E-state index in [2.05, 4.69) is 4.98 Å². The highest BCUT2D eigenvalue weighted by molar-refractivity contribution is 7.20. The van der Waals surface area contributed by atoms with E-state index < -0.39 is 41.9 Å². The Labute approximate surface area is 256 Å². The van der Waals surface area contributed by atoms with Crippen molar-refractivity contribution in [3.63, 3.8) is 0 Å². The maximum absolute atomic E-state index is 14.5. The molecule has 44 heavy (non-hydrogen) atoms. The molecule has 12 nitrogen and oxygen atoms in total. The highest BCUT2D eigenvalue weighted by Crippen LogP contribution is 2.57. The number of rotatable bonds is 10. The number of Topliss-reactive ketones (excluding diaryl/α,β-unsaturated/α-hetero) is 1. The maximum atomic E-state index is 14.5. The fraction of sp³-hybridized carbons (Fsp3) is 0.452. The number of benzene rings is 1. The van der Waals surface area contributed by atoms with Crippen LogP contribution in [-0.2, 0) is 28.6 Å². The van der Waals surface area contributed by atoms with Gasteiger partial charge in [-0.2, -0.15) is 0 Å². The van der Waals surface area contributed by atoms with Gasteiger partial charge in [0.25, 0.3) is 0 Å². The number of esters is 1. The smallest absolute Gasteiger partial charge is 0.341 e. The third kappa shape index (κ3) is 5.29. The van der Waals surface area contributed by atoms with Gasteiger partial charge in [-0.1, -0.05) is 18.2 Å². The van der Waals surface area contributed by atoms with E-state index in [9.17, 15) is 19.2 Å². The van der Waals surface area contributed by atoms with E-state index in [1.165, 1.54) is 23.8 Å². The average Bonchev–Trinajstić information content (AvgIpc) is 3.65. The summed E-state index contributed by atoms with van der Waals surface area (Å²) in [6.45, 7) is 2.22. The Morgan fingerprint density at radius 1 is 1.20 bits per heavy atom. The molecule has 3 aliphatic rings. The molecule has 2 fully saturated rings. The van der Waals surface area contributed by atoms with Gasteiger partial charge in [0.15, 0.2) is 12.4 Å². The lowest BCUT2D eigenvalue weighted by Gasteiger charge is -2.49. The second-order valence-corrected chi connectivity index (χ2v) is 12.2. The molecular formula is C31H32N2O10S. The van der Waals surface area contributed by atoms with E-state index in [1.807, 2.05) is 24.3 Å². The average molecular weight is 625 g/mol. The van der Waals surface area contributed by atoms with E-state index >= 15 is 0 Å². The molecule has 0 bridgehead atoms. The molecule has 2 aliphatic heterocycles. The van der Waals surface area contributed by atoms with Crippen LogP contribution in [0.2, 0.25) is 0 Å². The van der Waals surface area contributed by atoms with Crippen LogP contribution in [0.25, 0.3) is 10.8 Å². The number of carboxylic acid groups (broad SMARTS) is 1. The summed E-state index contributed by atoms with van der Waals surface area (Å²) in [6.07, 6.45) is 3.46. The number of thiophene rings is 1. The molecule has 232 valence electrons. The van der Waals surface area contributed by atoms with Crippen LogP contribution in [0.15, 0.2) is 41.1 Å². The zero-order valence-electron chi connectivity index (χ0n) is 24.3. The summed E-state index contributed by atoms with van der Waals surface area (Å²) in [7, 11) is 1.57. The van der Waals surface area contributed by atoms with Crippen LogP contribution in [-0.4, -0.2) is 73.3 Å². The van der Waals surface area contributed by atoms with Gasteiger partial charge < -0.3 is 28.5 Å². The number of hydrogen-bond acceptors (Lipinski definition) is 11. The number of amides is 1. The molecule has 4 heterocycles. The number of aromatic nitrogens is 1. The van der Waals surface area contributed by atoms with Gasteiger partial charge in [-0.25, -0.2) is 9.78 Å². The van der Waals surface area contributed by atoms with Crippen molar-refractivity contribution in [2.45, 2.75) is 44.8 Å². The minimum atomic E-state index is -1.50. The molecule has 3 aromatic rings. The van der Waals surface area contributed by atoms with E-state index in [4.69, 9.17) is 28.5 Å². The molecule has 1 amide bonds. The molecule has 1 aromatic carbocycles. The first-order chi connectivity index (χ1) is 21.2. The number of ether oxygens (including phenoxy) is 4. The lowest BCUT2D eigenvalue weighted by Crippen LogP contribution is -2.60. The van der Waals surface area contributed by atoms with Crippen molar-refractivity contribution < 1.29 is 47.6 Å². The Morgan fingerprint density at radius 2 is 1.95 bits per heavy atom. The number of para-hydroxylation sites is 1. The van der Waals surface area contributed by atoms with E-state index in [0.717, 1.165) is 5.56 Å². The lowest BCUT2D eigenvalue weighted by atomic mass is 9.56. The van der Waals surface area contributed by atoms with Crippen molar-refractivity contribution in [1.29, 1.82) is 0 Å². The number of ketones is 1. The minimum Gasteiger partial charge on any atom is -0.496 e. The Kier molecular flexibility index (Phi) is 8.27. The highest BCUT2D eigenvalue weighted by Gasteiger charge is 2.63. The van der Waals surface area contributed by atoms with Gasteiger partial charge in [0.1, 0.15) is 28.5 Å². The number of carbonyl (C=O) groups is 4. The molecule has 0 radical (unpaired) electrons. The fourth-order valence-corrected chi connectivity index (χ4v) is 7.52. The standard InChI is InChI=1S/C31H32N2O10S/c1-17-24-26(36)31(13-18(14-31)29(37)42-16-23(34)35)30(38)33(28(24)44-25(17)27-32-9-12-41-27)15-22(43-19-7-10-40-11-8-19)20-5-3-4-6-21(20)39-2/h3-6,9,12,18-19,22H,7-8,10-11,13-16H2,1-2H3,(H,34,35)/t18-,22-,31+/m0/s1. The van der Waals surface area contributed by atoms with E-state index in [-0.39, 0.29) is 31.3 Å². The van der Waals surface area contributed by atoms with Crippen molar-refractivity contribution in [1.82, 2.24) is 4.98 Å². The predicted octanol–water partition coefficient (Wildman–Crippen LogP) is 4.21. The largest absolute Gasteiger partial charge is 0.496 e. The summed E-state index contributed by atoms with van der Waals surface area (Å²) in [5.41, 5.74) is 0.269.